The highest BCUT2D eigenvalue weighted by atomic mass is 16.6. The molecule has 1 heterocycles. The van der Waals surface area contributed by atoms with Crippen LogP contribution in [0, 0.1) is 33.8 Å². The van der Waals surface area contributed by atoms with Gasteiger partial charge in [-0.1, -0.05) is 72.8 Å². The minimum atomic E-state index is -0.591. The van der Waals surface area contributed by atoms with Gasteiger partial charge in [0, 0.05) is 11.8 Å². The fourth-order valence-electron chi connectivity index (χ4n) is 6.01. The number of nitrogens with zero attached hydrogens (tertiary/aromatic N) is 2. The standard InChI is InChI=1S/C29H22N2O5/c1-36-19-12-15-22(23(16-19)31(34)35)30-28(32)26-20-13-14-21(27(26)29(30)33)25(20)24(17-8-4-2-5-9-17)18-10-6-3-7-11-18/h2-16,20-21,26-27H,1H3/t20-,21+,26+,27-. The van der Waals surface area contributed by atoms with E-state index in [1.165, 1.54) is 25.3 Å². The van der Waals surface area contributed by atoms with E-state index in [-0.39, 0.29) is 29.0 Å². The number of carbonyl (C=O) groups excluding carboxylic acids is 2. The summed E-state index contributed by atoms with van der Waals surface area (Å²) >= 11 is 0. The Balaban J connectivity index is 1.47. The fourth-order valence-corrected chi connectivity index (χ4v) is 6.01. The third-order valence-electron chi connectivity index (χ3n) is 7.45. The lowest BCUT2D eigenvalue weighted by molar-refractivity contribution is -0.384. The van der Waals surface area contributed by atoms with Gasteiger partial charge in [0.25, 0.3) is 5.69 Å². The molecule has 3 aromatic carbocycles. The smallest absolute Gasteiger partial charge is 0.297 e. The molecule has 0 aromatic heterocycles. The van der Waals surface area contributed by atoms with Gasteiger partial charge >= 0.3 is 0 Å². The molecule has 0 spiro atoms. The molecule has 0 N–H and O–H groups in total. The number of nitro benzene ring substituents is 1. The molecule has 7 heteroatoms. The van der Waals surface area contributed by atoms with Crippen molar-refractivity contribution in [1.82, 2.24) is 0 Å². The second-order valence-electron chi connectivity index (χ2n) is 9.17. The van der Waals surface area contributed by atoms with Crippen LogP contribution in [-0.4, -0.2) is 23.8 Å². The van der Waals surface area contributed by atoms with Crippen LogP contribution < -0.4 is 9.64 Å². The predicted octanol–water partition coefficient (Wildman–Crippen LogP) is 5.03. The molecule has 1 aliphatic heterocycles. The summed E-state index contributed by atoms with van der Waals surface area (Å²) in [5.74, 6) is -2.20. The van der Waals surface area contributed by atoms with E-state index in [0.29, 0.717) is 0 Å². The molecule has 1 saturated carbocycles. The van der Waals surface area contributed by atoms with Gasteiger partial charge in [-0.05, 0) is 34.4 Å². The van der Waals surface area contributed by atoms with Gasteiger partial charge in [0.15, 0.2) is 0 Å². The number of carbonyl (C=O) groups is 2. The Bertz CT molecular complexity index is 1390. The molecule has 1 saturated heterocycles. The number of imide groups is 1. The summed E-state index contributed by atoms with van der Waals surface area (Å²) in [6.45, 7) is 0. The number of methoxy groups -OCH3 is 1. The summed E-state index contributed by atoms with van der Waals surface area (Å²) < 4.78 is 5.11. The molecule has 0 unspecified atom stereocenters. The van der Waals surface area contributed by atoms with Gasteiger partial charge < -0.3 is 4.74 Å². The van der Waals surface area contributed by atoms with Gasteiger partial charge in [-0.25, -0.2) is 4.90 Å². The Morgan fingerprint density at radius 1 is 0.833 bits per heavy atom. The van der Waals surface area contributed by atoms with Crippen LogP contribution in [0.25, 0.3) is 5.57 Å². The van der Waals surface area contributed by atoms with Gasteiger partial charge in [0.05, 0.1) is 29.9 Å². The van der Waals surface area contributed by atoms with Crippen molar-refractivity contribution in [2.24, 2.45) is 23.7 Å². The summed E-state index contributed by atoms with van der Waals surface area (Å²) in [6.07, 6.45) is 4.04. The molecule has 6 rings (SSSR count). The van der Waals surface area contributed by atoms with Crippen LogP contribution in [0.1, 0.15) is 11.1 Å². The van der Waals surface area contributed by atoms with Crippen molar-refractivity contribution in [3.63, 3.8) is 0 Å². The molecular formula is C29H22N2O5. The normalized spacial score (nSPS) is 23.8. The van der Waals surface area contributed by atoms with Crippen molar-refractivity contribution in [3.8, 4) is 5.75 Å². The topological polar surface area (TPSA) is 89.8 Å². The maximum absolute atomic E-state index is 13.8. The highest BCUT2D eigenvalue weighted by Crippen LogP contribution is 2.59. The van der Waals surface area contributed by atoms with Crippen LogP contribution in [0.4, 0.5) is 11.4 Å². The monoisotopic (exact) mass is 478 g/mol. The van der Waals surface area contributed by atoms with E-state index in [0.717, 1.165) is 27.2 Å². The fraction of sp³-hybridized carbons (Fsp3) is 0.172. The van der Waals surface area contributed by atoms with Crippen LogP contribution >= 0.6 is 0 Å². The van der Waals surface area contributed by atoms with Crippen molar-refractivity contribution in [1.29, 1.82) is 0 Å². The van der Waals surface area contributed by atoms with E-state index in [1.807, 2.05) is 72.8 Å². The molecule has 36 heavy (non-hydrogen) atoms. The predicted molar refractivity (Wildman–Crippen MR) is 134 cm³/mol. The molecule has 2 fully saturated rings. The quantitative estimate of drug-likeness (QED) is 0.222. The molecule has 3 aliphatic rings. The second-order valence-corrected chi connectivity index (χ2v) is 9.17. The van der Waals surface area contributed by atoms with Gasteiger partial charge in [-0.2, -0.15) is 0 Å². The van der Waals surface area contributed by atoms with Crippen LogP contribution in [0.3, 0.4) is 0 Å². The summed E-state index contributed by atoms with van der Waals surface area (Å²) in [5, 5.41) is 11.8. The van der Waals surface area contributed by atoms with Crippen molar-refractivity contribution in [3.05, 3.63) is 118 Å². The highest BCUT2D eigenvalue weighted by Gasteiger charge is 2.63. The van der Waals surface area contributed by atoms with Gasteiger partial charge in [0.1, 0.15) is 11.4 Å². The number of hydrogen-bond donors (Lipinski definition) is 0. The van der Waals surface area contributed by atoms with E-state index < -0.39 is 28.6 Å². The Hall–Kier alpha value is -4.52. The maximum Gasteiger partial charge on any atom is 0.297 e. The second kappa shape index (κ2) is 8.30. The third kappa shape index (κ3) is 3.12. The highest BCUT2D eigenvalue weighted by molar-refractivity contribution is 6.24. The van der Waals surface area contributed by atoms with Gasteiger partial charge in [-0.3, -0.25) is 19.7 Å². The average molecular weight is 479 g/mol. The third-order valence-corrected chi connectivity index (χ3v) is 7.45. The largest absolute Gasteiger partial charge is 0.496 e. The van der Waals surface area contributed by atoms with Crippen molar-refractivity contribution < 1.29 is 19.2 Å². The van der Waals surface area contributed by atoms with Crippen LogP contribution in [0.2, 0.25) is 0 Å². The molecule has 2 aliphatic carbocycles. The van der Waals surface area contributed by atoms with Gasteiger partial charge in [-0.15, -0.1) is 0 Å². The number of allylic oxidation sites excluding steroid dienone is 3. The lowest BCUT2D eigenvalue weighted by Crippen LogP contribution is -2.33. The first-order valence-corrected chi connectivity index (χ1v) is 11.7. The minimum Gasteiger partial charge on any atom is -0.496 e. The zero-order chi connectivity index (χ0) is 25.0. The van der Waals surface area contributed by atoms with Crippen molar-refractivity contribution in [2.45, 2.75) is 0 Å². The van der Waals surface area contributed by atoms with E-state index in [2.05, 4.69) is 0 Å². The van der Waals surface area contributed by atoms with Crippen LogP contribution in [0.15, 0.2) is 96.6 Å². The number of nitro groups is 1. The molecule has 2 bridgehead atoms. The molecule has 0 radical (unpaired) electrons. The van der Waals surface area contributed by atoms with E-state index >= 15 is 0 Å². The van der Waals surface area contributed by atoms with Crippen molar-refractivity contribution >= 4 is 28.8 Å². The number of rotatable bonds is 5. The SMILES string of the molecule is COc1ccc(N2C(=O)[C@@H]3[C@H](C2=O)[C@H]2C=C[C@@H]3C2=C(c2ccccc2)c2ccccc2)c([N+](=O)[O-])c1. The Morgan fingerprint density at radius 2 is 1.36 bits per heavy atom. The first kappa shape index (κ1) is 22.0. The lowest BCUT2D eigenvalue weighted by Gasteiger charge is -2.21. The lowest BCUT2D eigenvalue weighted by atomic mass is 9.85. The minimum absolute atomic E-state index is 0.0125. The summed E-state index contributed by atoms with van der Waals surface area (Å²) in [5.41, 5.74) is 3.81. The van der Waals surface area contributed by atoms with Gasteiger partial charge in [0.2, 0.25) is 11.8 Å². The Kier molecular flexibility index (Phi) is 5.07. The number of fused-ring (bicyclic) bond motifs is 5. The Labute approximate surface area is 207 Å². The van der Waals surface area contributed by atoms with E-state index in [1.54, 1.807) is 0 Å². The number of anilines is 1. The van der Waals surface area contributed by atoms with Crippen molar-refractivity contribution in [2.75, 3.05) is 12.0 Å². The van der Waals surface area contributed by atoms with E-state index in [4.69, 9.17) is 4.74 Å². The first-order chi connectivity index (χ1) is 17.5. The summed E-state index contributed by atoms with van der Waals surface area (Å²) in [4.78, 5) is 39.7. The zero-order valence-electron chi connectivity index (χ0n) is 19.4. The van der Waals surface area contributed by atoms with Crippen LogP contribution in [-0.2, 0) is 9.59 Å². The number of ether oxygens (including phenoxy) is 1. The molecule has 4 atom stereocenters. The number of hydrogen-bond acceptors (Lipinski definition) is 5. The summed E-state index contributed by atoms with van der Waals surface area (Å²) in [7, 11) is 1.41. The first-order valence-electron chi connectivity index (χ1n) is 11.7. The Morgan fingerprint density at radius 3 is 1.83 bits per heavy atom. The maximum atomic E-state index is 13.8. The average Bonchev–Trinajstić information content (AvgIpc) is 3.54. The number of amides is 2. The molecule has 7 nitrogen and oxygen atoms in total. The molecular weight excluding hydrogens is 456 g/mol. The number of benzene rings is 3. The molecule has 3 aromatic rings. The zero-order valence-corrected chi connectivity index (χ0v) is 19.4. The summed E-state index contributed by atoms with van der Waals surface area (Å²) in [6, 6.07) is 24.2. The molecule has 2 amide bonds. The van der Waals surface area contributed by atoms with E-state index in [9.17, 15) is 19.7 Å². The molecule has 178 valence electrons. The van der Waals surface area contributed by atoms with Crippen LogP contribution in [0.5, 0.6) is 5.75 Å².